The van der Waals surface area contributed by atoms with Crippen LogP contribution in [-0.4, -0.2) is 16.1 Å². The summed E-state index contributed by atoms with van der Waals surface area (Å²) in [7, 11) is 0. The highest BCUT2D eigenvalue weighted by Crippen LogP contribution is 2.30. The van der Waals surface area contributed by atoms with Gasteiger partial charge in [-0.3, -0.25) is 0 Å². The molecule has 0 amide bonds. The molecule has 3 nitrogen and oxygen atoms in total. The molecule has 1 aliphatic carbocycles. The van der Waals surface area contributed by atoms with Crippen molar-refractivity contribution in [3.63, 3.8) is 0 Å². The van der Waals surface area contributed by atoms with Gasteiger partial charge < -0.3 is 9.88 Å². The monoisotopic (exact) mass is 247 g/mol. The maximum atomic E-state index is 4.64. The van der Waals surface area contributed by atoms with Crippen LogP contribution in [0.3, 0.4) is 0 Å². The largest absolute Gasteiger partial charge is 0.332 e. The van der Waals surface area contributed by atoms with Gasteiger partial charge in [0.15, 0.2) is 0 Å². The second-order valence-electron chi connectivity index (χ2n) is 6.50. The van der Waals surface area contributed by atoms with Gasteiger partial charge in [-0.1, -0.05) is 19.3 Å². The summed E-state index contributed by atoms with van der Waals surface area (Å²) in [6, 6.07) is 0. The van der Waals surface area contributed by atoms with E-state index in [1.165, 1.54) is 50.0 Å². The maximum Gasteiger partial charge on any atom is 0.0952 e. The average molecular weight is 247 g/mol. The summed E-state index contributed by atoms with van der Waals surface area (Å²) in [6.07, 6.45) is 10.2. The summed E-state index contributed by atoms with van der Waals surface area (Å²) in [5, 5.41) is 3.62. The van der Waals surface area contributed by atoms with Gasteiger partial charge in [-0.25, -0.2) is 4.98 Å². The first kappa shape index (κ1) is 12.2. The van der Waals surface area contributed by atoms with Crippen molar-refractivity contribution >= 4 is 0 Å². The number of fused-ring (bicyclic) bond motifs is 1. The normalized spacial score (nSPS) is 23.9. The van der Waals surface area contributed by atoms with E-state index in [-0.39, 0.29) is 5.54 Å². The standard InChI is InChI=1S/C15H25N3/c1-15(2)14-13(8-9-17-15)16-11-18(14)10-12-6-4-3-5-7-12/h11-12,17H,3-10H2,1-2H3. The van der Waals surface area contributed by atoms with Crippen molar-refractivity contribution < 1.29 is 0 Å². The predicted molar refractivity (Wildman–Crippen MR) is 73.5 cm³/mol. The van der Waals surface area contributed by atoms with Gasteiger partial charge >= 0.3 is 0 Å². The molecule has 2 aliphatic rings. The van der Waals surface area contributed by atoms with E-state index in [9.17, 15) is 0 Å². The first-order valence-electron chi connectivity index (χ1n) is 7.46. The first-order valence-corrected chi connectivity index (χ1v) is 7.46. The van der Waals surface area contributed by atoms with E-state index in [1.807, 2.05) is 0 Å². The molecule has 1 aromatic rings. The molecule has 0 unspecified atom stereocenters. The Morgan fingerprint density at radius 1 is 1.33 bits per heavy atom. The Bertz CT molecular complexity index is 413. The molecule has 3 rings (SSSR count). The Hall–Kier alpha value is -0.830. The number of nitrogens with one attached hydrogen (secondary N) is 1. The number of nitrogens with zero attached hydrogens (tertiary/aromatic N) is 2. The van der Waals surface area contributed by atoms with Crippen molar-refractivity contribution in [2.45, 2.75) is 64.5 Å². The molecule has 1 saturated carbocycles. The Morgan fingerprint density at radius 2 is 2.11 bits per heavy atom. The van der Waals surface area contributed by atoms with Crippen molar-refractivity contribution in [1.82, 2.24) is 14.9 Å². The minimum Gasteiger partial charge on any atom is -0.332 e. The molecule has 0 atom stereocenters. The van der Waals surface area contributed by atoms with Crippen molar-refractivity contribution in [2.24, 2.45) is 5.92 Å². The van der Waals surface area contributed by atoms with Gasteiger partial charge in [-0.2, -0.15) is 0 Å². The van der Waals surface area contributed by atoms with Crippen LogP contribution in [0.5, 0.6) is 0 Å². The quantitative estimate of drug-likeness (QED) is 0.871. The van der Waals surface area contributed by atoms with Crippen LogP contribution in [0.15, 0.2) is 6.33 Å². The fraction of sp³-hybridized carbons (Fsp3) is 0.800. The van der Waals surface area contributed by atoms with Crippen LogP contribution in [0.4, 0.5) is 0 Å². The van der Waals surface area contributed by atoms with Gasteiger partial charge in [-0.05, 0) is 32.6 Å². The van der Waals surface area contributed by atoms with Gasteiger partial charge in [0, 0.05) is 19.5 Å². The zero-order valence-corrected chi connectivity index (χ0v) is 11.7. The number of hydrogen-bond donors (Lipinski definition) is 1. The summed E-state index contributed by atoms with van der Waals surface area (Å²) < 4.78 is 2.43. The molecule has 1 aromatic heterocycles. The predicted octanol–water partition coefficient (Wildman–Crippen LogP) is 2.84. The number of imidazole rings is 1. The average Bonchev–Trinajstić information content (AvgIpc) is 2.75. The molecule has 1 N–H and O–H groups in total. The third kappa shape index (κ3) is 2.20. The number of hydrogen-bond acceptors (Lipinski definition) is 2. The zero-order valence-electron chi connectivity index (χ0n) is 11.7. The van der Waals surface area contributed by atoms with E-state index in [0.717, 1.165) is 18.9 Å². The smallest absolute Gasteiger partial charge is 0.0952 e. The highest BCUT2D eigenvalue weighted by Gasteiger charge is 2.31. The second kappa shape index (κ2) is 4.69. The second-order valence-corrected chi connectivity index (χ2v) is 6.50. The Labute approximate surface area is 110 Å². The molecule has 1 aliphatic heterocycles. The van der Waals surface area contributed by atoms with Crippen molar-refractivity contribution in [1.29, 1.82) is 0 Å². The summed E-state index contributed by atoms with van der Waals surface area (Å²) in [5.74, 6) is 0.870. The minimum atomic E-state index is 0.0821. The Balaban J connectivity index is 1.82. The molecule has 3 heteroatoms. The van der Waals surface area contributed by atoms with E-state index >= 15 is 0 Å². The van der Waals surface area contributed by atoms with Gasteiger partial charge in [-0.15, -0.1) is 0 Å². The topological polar surface area (TPSA) is 29.9 Å². The van der Waals surface area contributed by atoms with Gasteiger partial charge in [0.1, 0.15) is 0 Å². The van der Waals surface area contributed by atoms with Crippen LogP contribution < -0.4 is 5.32 Å². The molecule has 1 fully saturated rings. The van der Waals surface area contributed by atoms with Crippen LogP contribution >= 0.6 is 0 Å². The molecule has 0 saturated heterocycles. The fourth-order valence-corrected chi connectivity index (χ4v) is 3.69. The summed E-state index contributed by atoms with van der Waals surface area (Å²) in [5.41, 5.74) is 2.83. The molecular formula is C15H25N3. The van der Waals surface area contributed by atoms with Gasteiger partial charge in [0.05, 0.1) is 23.3 Å². The summed E-state index contributed by atoms with van der Waals surface area (Å²) in [6.45, 7) is 6.79. The van der Waals surface area contributed by atoms with E-state index in [0.29, 0.717) is 0 Å². The van der Waals surface area contributed by atoms with Gasteiger partial charge in [0.25, 0.3) is 0 Å². The highest BCUT2D eigenvalue weighted by molar-refractivity contribution is 5.25. The first-order chi connectivity index (χ1) is 8.67. The molecule has 0 spiro atoms. The van der Waals surface area contributed by atoms with E-state index in [4.69, 9.17) is 0 Å². The van der Waals surface area contributed by atoms with Crippen molar-refractivity contribution in [3.05, 3.63) is 17.7 Å². The third-order valence-corrected chi connectivity index (χ3v) is 4.61. The van der Waals surface area contributed by atoms with E-state index in [2.05, 4.69) is 35.0 Å². The lowest BCUT2D eigenvalue weighted by Crippen LogP contribution is -2.44. The summed E-state index contributed by atoms with van der Waals surface area (Å²) >= 11 is 0. The van der Waals surface area contributed by atoms with Crippen LogP contribution in [0, 0.1) is 5.92 Å². The van der Waals surface area contributed by atoms with E-state index in [1.54, 1.807) is 0 Å². The molecule has 0 radical (unpaired) electrons. The highest BCUT2D eigenvalue weighted by atomic mass is 15.1. The van der Waals surface area contributed by atoms with Crippen molar-refractivity contribution in [3.8, 4) is 0 Å². The van der Waals surface area contributed by atoms with Crippen LogP contribution in [0.2, 0.25) is 0 Å². The Morgan fingerprint density at radius 3 is 2.89 bits per heavy atom. The molecule has 100 valence electrons. The van der Waals surface area contributed by atoms with Crippen LogP contribution in [0.1, 0.15) is 57.3 Å². The summed E-state index contributed by atoms with van der Waals surface area (Å²) in [4.78, 5) is 4.64. The maximum absolute atomic E-state index is 4.64. The van der Waals surface area contributed by atoms with Crippen LogP contribution in [0.25, 0.3) is 0 Å². The number of rotatable bonds is 2. The van der Waals surface area contributed by atoms with E-state index < -0.39 is 0 Å². The van der Waals surface area contributed by atoms with Crippen LogP contribution in [-0.2, 0) is 18.5 Å². The molecular weight excluding hydrogens is 222 g/mol. The third-order valence-electron chi connectivity index (χ3n) is 4.61. The fourth-order valence-electron chi connectivity index (χ4n) is 3.69. The SMILES string of the molecule is CC1(C)NCCc2ncn(CC3CCCCC3)c21. The van der Waals surface area contributed by atoms with Crippen molar-refractivity contribution in [2.75, 3.05) is 6.54 Å². The molecule has 18 heavy (non-hydrogen) atoms. The molecule has 0 bridgehead atoms. The zero-order chi connectivity index (χ0) is 12.6. The Kier molecular flexibility index (Phi) is 3.18. The lowest BCUT2D eigenvalue weighted by Gasteiger charge is -2.33. The molecule has 2 heterocycles. The minimum absolute atomic E-state index is 0.0821. The molecule has 0 aromatic carbocycles. The lowest BCUT2D eigenvalue weighted by molar-refractivity contribution is 0.295. The number of aromatic nitrogens is 2. The van der Waals surface area contributed by atoms with Gasteiger partial charge in [0.2, 0.25) is 0 Å². The lowest BCUT2D eigenvalue weighted by atomic mass is 9.88.